The molecule has 2 aliphatic rings. The lowest BCUT2D eigenvalue weighted by Crippen LogP contribution is -2.22. The summed E-state index contributed by atoms with van der Waals surface area (Å²) in [5.41, 5.74) is 0.710. The summed E-state index contributed by atoms with van der Waals surface area (Å²) in [7, 11) is 2.25. The smallest absolute Gasteiger partial charge is 0.00355 e. The van der Waals surface area contributed by atoms with Gasteiger partial charge in [0.25, 0.3) is 0 Å². The molecule has 1 saturated carbocycles. The van der Waals surface area contributed by atoms with Crippen LogP contribution in [-0.2, 0) is 0 Å². The van der Waals surface area contributed by atoms with Gasteiger partial charge in [0.15, 0.2) is 0 Å². The summed E-state index contributed by atoms with van der Waals surface area (Å²) in [6, 6.07) is 0. The molecule has 2 rings (SSSR count). The fourth-order valence-electron chi connectivity index (χ4n) is 3.01. The molecule has 1 saturated heterocycles. The van der Waals surface area contributed by atoms with Crippen molar-refractivity contribution in [2.75, 3.05) is 25.9 Å². The molecule has 2 fully saturated rings. The second-order valence-corrected chi connectivity index (χ2v) is 5.14. The van der Waals surface area contributed by atoms with Crippen molar-refractivity contribution in [3.05, 3.63) is 0 Å². The Balaban J connectivity index is 1.97. The predicted octanol–water partition coefficient (Wildman–Crippen LogP) is 2.04. The Kier molecular flexibility index (Phi) is 2.39. The molecule has 0 N–H and O–H groups in total. The second kappa shape index (κ2) is 3.22. The maximum absolute atomic E-state index is 4.40. The van der Waals surface area contributed by atoms with Gasteiger partial charge in [-0.3, -0.25) is 0 Å². The van der Waals surface area contributed by atoms with E-state index in [-0.39, 0.29) is 0 Å². The minimum Gasteiger partial charge on any atom is -0.306 e. The second-order valence-electron chi connectivity index (χ2n) is 4.78. The third kappa shape index (κ3) is 1.51. The quantitative estimate of drug-likeness (QED) is 0.612. The van der Waals surface area contributed by atoms with Crippen LogP contribution < -0.4 is 0 Å². The highest BCUT2D eigenvalue weighted by Gasteiger charge is 2.42. The molecule has 0 aromatic rings. The van der Waals surface area contributed by atoms with Crippen LogP contribution in [0.5, 0.6) is 0 Å². The fourth-order valence-corrected chi connectivity index (χ4v) is 3.32. The molecule has 12 heavy (non-hydrogen) atoms. The van der Waals surface area contributed by atoms with E-state index in [1.165, 1.54) is 38.8 Å². The Bertz CT molecular complexity index is 171. The molecule has 0 amide bonds. The van der Waals surface area contributed by atoms with Crippen molar-refractivity contribution in [2.24, 2.45) is 11.3 Å². The average molecular weight is 185 g/mol. The van der Waals surface area contributed by atoms with Gasteiger partial charge in [0.1, 0.15) is 0 Å². The highest BCUT2D eigenvalue weighted by molar-refractivity contribution is 7.80. The Labute approximate surface area is 80.9 Å². The summed E-state index contributed by atoms with van der Waals surface area (Å²) in [5, 5.41) is 0. The molecule has 0 aromatic carbocycles. The van der Waals surface area contributed by atoms with Gasteiger partial charge in [0.05, 0.1) is 0 Å². The molecular formula is C10H19NS. The van der Waals surface area contributed by atoms with Crippen LogP contribution in [0.1, 0.15) is 25.7 Å². The first kappa shape index (κ1) is 8.89. The topological polar surface area (TPSA) is 3.24 Å². The van der Waals surface area contributed by atoms with Crippen LogP contribution in [0.15, 0.2) is 0 Å². The van der Waals surface area contributed by atoms with Crippen LogP contribution in [-0.4, -0.2) is 30.8 Å². The molecule has 0 aromatic heterocycles. The van der Waals surface area contributed by atoms with E-state index in [9.17, 15) is 0 Å². The highest BCUT2D eigenvalue weighted by Crippen LogP contribution is 2.47. The van der Waals surface area contributed by atoms with Crippen LogP contribution in [0, 0.1) is 11.3 Å². The predicted molar refractivity (Wildman–Crippen MR) is 55.7 cm³/mol. The zero-order valence-electron chi connectivity index (χ0n) is 7.92. The van der Waals surface area contributed by atoms with Gasteiger partial charge in [0.2, 0.25) is 0 Å². The van der Waals surface area contributed by atoms with E-state index in [2.05, 4.69) is 24.6 Å². The maximum atomic E-state index is 4.40. The zero-order valence-corrected chi connectivity index (χ0v) is 8.82. The monoisotopic (exact) mass is 185 g/mol. The van der Waals surface area contributed by atoms with Crippen LogP contribution in [0.3, 0.4) is 0 Å². The minimum atomic E-state index is 0.710. The van der Waals surface area contributed by atoms with Gasteiger partial charge in [-0.25, -0.2) is 0 Å². The van der Waals surface area contributed by atoms with E-state index in [4.69, 9.17) is 0 Å². The van der Waals surface area contributed by atoms with Gasteiger partial charge in [-0.05, 0) is 56.4 Å². The number of rotatable bonds is 1. The van der Waals surface area contributed by atoms with E-state index >= 15 is 0 Å². The summed E-state index contributed by atoms with van der Waals surface area (Å²) in [5.74, 6) is 2.02. The molecule has 1 nitrogen and oxygen atoms in total. The average Bonchev–Trinajstić information content (AvgIpc) is 2.61. The van der Waals surface area contributed by atoms with Crippen molar-refractivity contribution >= 4 is 12.6 Å². The molecular weight excluding hydrogens is 166 g/mol. The zero-order chi connectivity index (χ0) is 8.60. The molecule has 70 valence electrons. The summed E-state index contributed by atoms with van der Waals surface area (Å²) >= 11 is 4.40. The Morgan fingerprint density at radius 2 is 2.33 bits per heavy atom. The first-order chi connectivity index (χ1) is 5.74. The van der Waals surface area contributed by atoms with Crippen molar-refractivity contribution in [1.29, 1.82) is 0 Å². The molecule has 1 heterocycles. The molecule has 2 atom stereocenters. The van der Waals surface area contributed by atoms with Crippen LogP contribution >= 0.6 is 12.6 Å². The van der Waals surface area contributed by atoms with E-state index in [1.54, 1.807) is 0 Å². The Hall–Kier alpha value is 0.310. The van der Waals surface area contributed by atoms with Crippen LogP contribution in [0.4, 0.5) is 0 Å². The molecule has 0 unspecified atom stereocenters. The Morgan fingerprint density at radius 3 is 2.83 bits per heavy atom. The van der Waals surface area contributed by atoms with Gasteiger partial charge in [-0.1, -0.05) is 0 Å². The number of thiol groups is 1. The lowest BCUT2D eigenvalue weighted by Gasteiger charge is -2.22. The van der Waals surface area contributed by atoms with Crippen molar-refractivity contribution < 1.29 is 0 Å². The summed E-state index contributed by atoms with van der Waals surface area (Å²) in [6.45, 7) is 2.66. The normalized spacial score (nSPS) is 43.0. The number of hydrogen-bond donors (Lipinski definition) is 1. The SMILES string of the molecule is CN1CC[C@]2(CC[C@@H](CS)C2)C1. The largest absolute Gasteiger partial charge is 0.306 e. The lowest BCUT2D eigenvalue weighted by atomic mass is 9.85. The maximum Gasteiger partial charge on any atom is 0.00355 e. The first-order valence-electron chi connectivity index (χ1n) is 5.03. The third-order valence-electron chi connectivity index (χ3n) is 3.69. The molecule has 1 spiro atoms. The fraction of sp³-hybridized carbons (Fsp3) is 1.00. The van der Waals surface area contributed by atoms with Crippen molar-refractivity contribution in [2.45, 2.75) is 25.7 Å². The Morgan fingerprint density at radius 1 is 1.50 bits per heavy atom. The number of hydrogen-bond acceptors (Lipinski definition) is 2. The van der Waals surface area contributed by atoms with E-state index in [0.717, 1.165) is 11.7 Å². The van der Waals surface area contributed by atoms with Gasteiger partial charge in [0, 0.05) is 6.54 Å². The molecule has 1 aliphatic carbocycles. The standard InChI is InChI=1S/C10H19NS/c1-11-5-4-10(8-11)3-2-9(6-10)7-12/h9,12H,2-8H2,1H3/t9-,10+/m1/s1. The minimum absolute atomic E-state index is 0.710. The summed E-state index contributed by atoms with van der Waals surface area (Å²) in [4.78, 5) is 2.49. The number of nitrogens with zero attached hydrogens (tertiary/aromatic N) is 1. The molecule has 0 bridgehead atoms. The number of likely N-dealkylation sites (tertiary alicyclic amines) is 1. The van der Waals surface area contributed by atoms with Crippen LogP contribution in [0.25, 0.3) is 0 Å². The van der Waals surface area contributed by atoms with Crippen LogP contribution in [0.2, 0.25) is 0 Å². The summed E-state index contributed by atoms with van der Waals surface area (Å²) in [6.07, 6.45) is 5.77. The highest BCUT2D eigenvalue weighted by atomic mass is 32.1. The van der Waals surface area contributed by atoms with Crippen molar-refractivity contribution in [3.8, 4) is 0 Å². The van der Waals surface area contributed by atoms with E-state index < -0.39 is 0 Å². The van der Waals surface area contributed by atoms with Gasteiger partial charge >= 0.3 is 0 Å². The third-order valence-corrected chi connectivity index (χ3v) is 4.21. The molecule has 2 heteroatoms. The van der Waals surface area contributed by atoms with Crippen molar-refractivity contribution in [3.63, 3.8) is 0 Å². The first-order valence-corrected chi connectivity index (χ1v) is 5.67. The van der Waals surface area contributed by atoms with E-state index in [0.29, 0.717) is 5.41 Å². The molecule has 0 radical (unpaired) electrons. The lowest BCUT2D eigenvalue weighted by molar-refractivity contribution is 0.282. The van der Waals surface area contributed by atoms with Crippen molar-refractivity contribution in [1.82, 2.24) is 4.90 Å². The van der Waals surface area contributed by atoms with E-state index in [1.807, 2.05) is 0 Å². The summed E-state index contributed by atoms with van der Waals surface area (Å²) < 4.78 is 0. The van der Waals surface area contributed by atoms with Gasteiger partial charge < -0.3 is 4.90 Å². The van der Waals surface area contributed by atoms with Gasteiger partial charge in [-0.15, -0.1) is 0 Å². The molecule has 1 aliphatic heterocycles. The van der Waals surface area contributed by atoms with Gasteiger partial charge in [-0.2, -0.15) is 12.6 Å².